The monoisotopic (exact) mass is 328 g/mol. The number of carboxylic acid groups (broad SMARTS) is 1. The third-order valence-electron chi connectivity index (χ3n) is 5.29. The fourth-order valence-corrected chi connectivity index (χ4v) is 3.62. The second kappa shape index (κ2) is 11.9. The van der Waals surface area contributed by atoms with Crippen LogP contribution in [0.15, 0.2) is 0 Å². The lowest BCUT2D eigenvalue weighted by atomic mass is 9.84. The van der Waals surface area contributed by atoms with Crippen molar-refractivity contribution in [3.05, 3.63) is 0 Å². The first-order valence-corrected chi connectivity index (χ1v) is 9.86. The highest BCUT2D eigenvalue weighted by Crippen LogP contribution is 2.31. The van der Waals surface area contributed by atoms with Crippen LogP contribution in [0, 0.1) is 0 Å². The number of carboxylic acids is 1. The van der Waals surface area contributed by atoms with Gasteiger partial charge in [0.15, 0.2) is 5.54 Å². The van der Waals surface area contributed by atoms with Gasteiger partial charge in [0.1, 0.15) is 0 Å². The average Bonchev–Trinajstić information content (AvgIpc) is 2.46. The van der Waals surface area contributed by atoms with E-state index >= 15 is 0 Å². The minimum absolute atomic E-state index is 0.521. The lowest BCUT2D eigenvalue weighted by Crippen LogP contribution is -2.61. The summed E-state index contributed by atoms with van der Waals surface area (Å²) in [6.45, 7) is 4.35. The molecule has 0 rings (SSSR count). The zero-order valence-electron chi connectivity index (χ0n) is 16.5. The molecule has 0 saturated carbocycles. The van der Waals surface area contributed by atoms with Crippen LogP contribution in [0.5, 0.6) is 0 Å². The molecule has 138 valence electrons. The molecular weight excluding hydrogens is 286 g/mol. The molecule has 3 nitrogen and oxygen atoms in total. The van der Waals surface area contributed by atoms with Gasteiger partial charge in [0.05, 0.1) is 21.1 Å². The van der Waals surface area contributed by atoms with Gasteiger partial charge in [-0.1, -0.05) is 71.6 Å². The molecule has 0 heterocycles. The van der Waals surface area contributed by atoms with Crippen LogP contribution in [0.1, 0.15) is 97.3 Å². The van der Waals surface area contributed by atoms with Crippen molar-refractivity contribution in [2.24, 2.45) is 0 Å². The van der Waals surface area contributed by atoms with Gasteiger partial charge < -0.3 is 9.59 Å². The first-order chi connectivity index (χ1) is 10.8. The Kier molecular flexibility index (Phi) is 11.6. The molecule has 0 aromatic carbocycles. The summed E-state index contributed by atoms with van der Waals surface area (Å²) in [5, 5.41) is 9.82. The van der Waals surface area contributed by atoms with Gasteiger partial charge in [-0.25, -0.2) is 4.79 Å². The van der Waals surface area contributed by atoms with Crippen LogP contribution in [0.3, 0.4) is 0 Å². The number of hydrogen-bond acceptors (Lipinski definition) is 1. The Morgan fingerprint density at radius 3 is 1.52 bits per heavy atom. The van der Waals surface area contributed by atoms with Crippen molar-refractivity contribution in [2.45, 2.75) is 103 Å². The van der Waals surface area contributed by atoms with Crippen molar-refractivity contribution in [3.63, 3.8) is 0 Å². The van der Waals surface area contributed by atoms with E-state index in [1.54, 1.807) is 0 Å². The average molecular weight is 329 g/mol. The predicted octanol–water partition coefficient (Wildman–Crippen LogP) is 5.63. The summed E-state index contributed by atoms with van der Waals surface area (Å²) in [5.74, 6) is -0.622. The lowest BCUT2D eigenvalue weighted by Gasteiger charge is -2.43. The Hall–Kier alpha value is -0.570. The maximum Gasteiger partial charge on any atom is 0.365 e. The van der Waals surface area contributed by atoms with Crippen molar-refractivity contribution in [1.82, 2.24) is 0 Å². The molecule has 0 saturated heterocycles. The number of quaternary nitrogens is 1. The number of hydrogen-bond donors (Lipinski definition) is 1. The molecule has 0 amide bonds. The molecule has 0 aliphatic heterocycles. The van der Waals surface area contributed by atoms with E-state index in [-0.39, 0.29) is 0 Å². The molecule has 1 atom stereocenters. The van der Waals surface area contributed by atoms with E-state index in [1.807, 2.05) is 21.1 Å². The number of unbranched alkanes of at least 4 members (excludes halogenated alkanes) is 9. The number of rotatable bonds is 15. The van der Waals surface area contributed by atoms with Crippen LogP contribution in [-0.4, -0.2) is 42.2 Å². The van der Waals surface area contributed by atoms with Crippen molar-refractivity contribution in [3.8, 4) is 0 Å². The fraction of sp³-hybridized carbons (Fsp3) is 0.950. The summed E-state index contributed by atoms with van der Waals surface area (Å²) in [5.41, 5.74) is -0.616. The Morgan fingerprint density at radius 2 is 1.17 bits per heavy atom. The summed E-state index contributed by atoms with van der Waals surface area (Å²) in [6, 6.07) is 0. The van der Waals surface area contributed by atoms with Gasteiger partial charge in [0.25, 0.3) is 0 Å². The summed E-state index contributed by atoms with van der Waals surface area (Å²) in [6.07, 6.45) is 15.5. The standard InChI is InChI=1S/C20H41NO2/c1-6-8-9-10-11-12-13-14-15-16-18-20(17-7-2,19(22)23)21(3,4)5/h6-18H2,1-5H3/p+1. The van der Waals surface area contributed by atoms with E-state index in [2.05, 4.69) is 13.8 Å². The summed E-state index contributed by atoms with van der Waals surface area (Å²) >= 11 is 0. The Labute approximate surface area is 145 Å². The minimum atomic E-state index is -0.622. The van der Waals surface area contributed by atoms with Crippen LogP contribution >= 0.6 is 0 Å². The third kappa shape index (κ3) is 8.19. The summed E-state index contributed by atoms with van der Waals surface area (Å²) in [7, 11) is 6.08. The van der Waals surface area contributed by atoms with E-state index in [4.69, 9.17) is 0 Å². The Balaban J connectivity index is 4.04. The van der Waals surface area contributed by atoms with Crippen molar-refractivity contribution in [2.75, 3.05) is 21.1 Å². The van der Waals surface area contributed by atoms with Gasteiger partial charge >= 0.3 is 5.97 Å². The SMILES string of the molecule is CCCCCCCCCCCCC(CCC)(C(=O)O)[N+](C)(C)C. The smallest absolute Gasteiger partial charge is 0.365 e. The Morgan fingerprint density at radius 1 is 0.739 bits per heavy atom. The number of aliphatic carboxylic acids is 1. The molecule has 1 N–H and O–H groups in total. The summed E-state index contributed by atoms with van der Waals surface area (Å²) < 4.78 is 0.521. The first kappa shape index (κ1) is 22.4. The zero-order valence-corrected chi connectivity index (χ0v) is 16.5. The number of likely N-dealkylation sites (N-methyl/N-ethyl adjacent to an activating group) is 1. The molecule has 0 aliphatic carbocycles. The van der Waals surface area contributed by atoms with E-state index in [0.29, 0.717) is 4.48 Å². The van der Waals surface area contributed by atoms with E-state index in [9.17, 15) is 9.90 Å². The lowest BCUT2D eigenvalue weighted by molar-refractivity contribution is -0.915. The molecule has 0 spiro atoms. The maximum atomic E-state index is 11.9. The molecule has 23 heavy (non-hydrogen) atoms. The quantitative estimate of drug-likeness (QED) is 0.312. The second-order valence-electron chi connectivity index (χ2n) is 8.03. The molecule has 0 fully saturated rings. The van der Waals surface area contributed by atoms with E-state index in [0.717, 1.165) is 25.7 Å². The van der Waals surface area contributed by atoms with Gasteiger partial charge in [-0.3, -0.25) is 0 Å². The van der Waals surface area contributed by atoms with Gasteiger partial charge in [0, 0.05) is 12.8 Å². The molecule has 0 aliphatic rings. The largest absolute Gasteiger partial charge is 0.477 e. The number of nitrogens with zero attached hydrogens (tertiary/aromatic N) is 1. The molecule has 3 heteroatoms. The predicted molar refractivity (Wildman–Crippen MR) is 99.8 cm³/mol. The normalized spacial score (nSPS) is 14.7. The van der Waals surface area contributed by atoms with Crippen LogP contribution in [0.4, 0.5) is 0 Å². The molecule has 0 aromatic heterocycles. The topological polar surface area (TPSA) is 37.3 Å². The molecule has 0 aromatic rings. The fourth-order valence-electron chi connectivity index (χ4n) is 3.62. The zero-order chi connectivity index (χ0) is 17.8. The maximum absolute atomic E-state index is 11.9. The molecule has 0 bridgehead atoms. The number of carbonyl (C=O) groups is 1. The van der Waals surface area contributed by atoms with Crippen molar-refractivity contribution in [1.29, 1.82) is 0 Å². The van der Waals surface area contributed by atoms with Crippen LogP contribution in [-0.2, 0) is 4.79 Å². The van der Waals surface area contributed by atoms with E-state index < -0.39 is 11.5 Å². The van der Waals surface area contributed by atoms with Crippen molar-refractivity contribution < 1.29 is 14.4 Å². The molecular formula is C20H42NO2+. The summed E-state index contributed by atoms with van der Waals surface area (Å²) in [4.78, 5) is 11.9. The van der Waals surface area contributed by atoms with Gasteiger partial charge in [-0.15, -0.1) is 0 Å². The van der Waals surface area contributed by atoms with Crippen molar-refractivity contribution >= 4 is 5.97 Å². The minimum Gasteiger partial charge on any atom is -0.477 e. The first-order valence-electron chi connectivity index (χ1n) is 9.86. The van der Waals surface area contributed by atoms with Gasteiger partial charge in [-0.2, -0.15) is 0 Å². The van der Waals surface area contributed by atoms with Gasteiger partial charge in [0.2, 0.25) is 0 Å². The van der Waals surface area contributed by atoms with Crippen LogP contribution in [0.2, 0.25) is 0 Å². The Bertz CT molecular complexity index is 309. The highest BCUT2D eigenvalue weighted by molar-refractivity contribution is 5.77. The van der Waals surface area contributed by atoms with Gasteiger partial charge in [-0.05, 0) is 12.8 Å². The third-order valence-corrected chi connectivity index (χ3v) is 5.29. The molecule has 1 unspecified atom stereocenters. The molecule has 0 radical (unpaired) electrons. The second-order valence-corrected chi connectivity index (χ2v) is 8.03. The van der Waals surface area contributed by atoms with E-state index in [1.165, 1.54) is 57.8 Å². The van der Waals surface area contributed by atoms with Crippen LogP contribution in [0.25, 0.3) is 0 Å². The van der Waals surface area contributed by atoms with Crippen LogP contribution < -0.4 is 0 Å². The highest BCUT2D eigenvalue weighted by Gasteiger charge is 2.48. The highest BCUT2D eigenvalue weighted by atomic mass is 16.4.